The summed E-state index contributed by atoms with van der Waals surface area (Å²) in [4.78, 5) is 19.1. The average molecular weight is 221 g/mol. The van der Waals surface area contributed by atoms with Crippen molar-refractivity contribution in [3.8, 4) is 0 Å². The Morgan fingerprint density at radius 1 is 1.56 bits per heavy atom. The number of carbonyl (C=O) groups excluding carboxylic acids is 1. The molecular weight excluding hydrogens is 206 g/mol. The van der Waals surface area contributed by atoms with Crippen LogP contribution in [0.15, 0.2) is 12.4 Å². The maximum Gasteiger partial charge on any atom is 0.158 e. The van der Waals surface area contributed by atoms with Gasteiger partial charge in [0.1, 0.15) is 12.4 Å². The summed E-state index contributed by atoms with van der Waals surface area (Å²) < 4.78 is 5.53. The second-order valence-corrected chi connectivity index (χ2v) is 3.86. The normalized spacial score (nSPS) is 22.7. The highest BCUT2D eigenvalue weighted by molar-refractivity contribution is 5.60. The lowest BCUT2D eigenvalue weighted by Gasteiger charge is -2.22. The molecule has 5 nitrogen and oxygen atoms in total. The van der Waals surface area contributed by atoms with E-state index in [1.807, 2.05) is 6.92 Å². The van der Waals surface area contributed by atoms with E-state index in [2.05, 4.69) is 15.3 Å². The van der Waals surface area contributed by atoms with Gasteiger partial charge in [-0.25, -0.2) is 9.97 Å². The van der Waals surface area contributed by atoms with Crippen molar-refractivity contribution >= 4 is 6.29 Å². The standard InChI is InChI=1S/C11H15N3O2/c1-8(7-15)9-4-13-11(14-5-9)10-6-12-2-3-16-10/h4-5,7-8,10,12H,2-3,6H2,1H3. The molecule has 0 bridgehead atoms. The Hall–Kier alpha value is -1.33. The first-order valence-corrected chi connectivity index (χ1v) is 5.40. The Bertz CT molecular complexity index is 347. The van der Waals surface area contributed by atoms with Gasteiger partial charge in [-0.05, 0) is 5.56 Å². The topological polar surface area (TPSA) is 64.1 Å². The maximum absolute atomic E-state index is 10.6. The van der Waals surface area contributed by atoms with Crippen molar-refractivity contribution in [3.05, 3.63) is 23.8 Å². The Labute approximate surface area is 94.2 Å². The largest absolute Gasteiger partial charge is 0.368 e. The lowest BCUT2D eigenvalue weighted by atomic mass is 10.1. The number of hydrogen-bond donors (Lipinski definition) is 1. The fourth-order valence-corrected chi connectivity index (χ4v) is 1.56. The van der Waals surface area contributed by atoms with Crippen molar-refractivity contribution in [2.24, 2.45) is 0 Å². The van der Waals surface area contributed by atoms with E-state index in [1.54, 1.807) is 12.4 Å². The van der Waals surface area contributed by atoms with Gasteiger partial charge >= 0.3 is 0 Å². The molecule has 1 aliphatic rings. The summed E-state index contributed by atoms with van der Waals surface area (Å²) in [6.07, 6.45) is 4.20. The molecule has 1 N–H and O–H groups in total. The lowest BCUT2D eigenvalue weighted by molar-refractivity contribution is -0.108. The van der Waals surface area contributed by atoms with Gasteiger partial charge in [0.25, 0.3) is 0 Å². The van der Waals surface area contributed by atoms with Crippen molar-refractivity contribution in [2.45, 2.75) is 18.9 Å². The Morgan fingerprint density at radius 3 is 2.88 bits per heavy atom. The summed E-state index contributed by atoms with van der Waals surface area (Å²) in [5, 5.41) is 3.22. The average Bonchev–Trinajstić information content (AvgIpc) is 2.39. The van der Waals surface area contributed by atoms with Crippen LogP contribution in [0.2, 0.25) is 0 Å². The molecule has 5 heteroatoms. The lowest BCUT2D eigenvalue weighted by Crippen LogP contribution is -2.34. The highest BCUT2D eigenvalue weighted by atomic mass is 16.5. The number of nitrogens with zero attached hydrogens (tertiary/aromatic N) is 2. The van der Waals surface area contributed by atoms with Gasteiger partial charge in [0, 0.05) is 31.4 Å². The van der Waals surface area contributed by atoms with E-state index in [-0.39, 0.29) is 12.0 Å². The van der Waals surface area contributed by atoms with Crippen LogP contribution in [-0.4, -0.2) is 36.0 Å². The molecule has 2 atom stereocenters. The quantitative estimate of drug-likeness (QED) is 0.750. The summed E-state index contributed by atoms with van der Waals surface area (Å²) in [7, 11) is 0. The second kappa shape index (κ2) is 5.14. The van der Waals surface area contributed by atoms with Crippen molar-refractivity contribution in [1.82, 2.24) is 15.3 Å². The van der Waals surface area contributed by atoms with E-state index >= 15 is 0 Å². The van der Waals surface area contributed by atoms with Gasteiger partial charge in [0.15, 0.2) is 5.82 Å². The van der Waals surface area contributed by atoms with E-state index in [0.29, 0.717) is 12.4 Å². The molecule has 1 aromatic heterocycles. The summed E-state index contributed by atoms with van der Waals surface area (Å²) in [5.74, 6) is 0.522. The summed E-state index contributed by atoms with van der Waals surface area (Å²) in [6.45, 7) is 4.11. The molecule has 86 valence electrons. The van der Waals surface area contributed by atoms with Crippen molar-refractivity contribution in [2.75, 3.05) is 19.7 Å². The van der Waals surface area contributed by atoms with Crippen molar-refractivity contribution in [1.29, 1.82) is 0 Å². The van der Waals surface area contributed by atoms with Crippen LogP contribution < -0.4 is 5.32 Å². The molecule has 1 fully saturated rings. The third-order valence-corrected chi connectivity index (χ3v) is 2.64. The minimum absolute atomic E-state index is 0.0747. The van der Waals surface area contributed by atoms with Crippen LogP contribution in [0.4, 0.5) is 0 Å². The molecule has 2 heterocycles. The smallest absolute Gasteiger partial charge is 0.158 e. The first-order chi connectivity index (χ1) is 7.81. The molecule has 0 spiro atoms. The minimum Gasteiger partial charge on any atom is -0.368 e. The molecule has 1 aromatic rings. The maximum atomic E-state index is 10.6. The van der Waals surface area contributed by atoms with Crippen LogP contribution in [0.5, 0.6) is 0 Å². The van der Waals surface area contributed by atoms with Gasteiger partial charge in [-0.1, -0.05) is 6.92 Å². The Morgan fingerprint density at radius 2 is 2.31 bits per heavy atom. The van der Waals surface area contributed by atoms with Crippen molar-refractivity contribution < 1.29 is 9.53 Å². The number of hydrogen-bond acceptors (Lipinski definition) is 5. The van der Waals surface area contributed by atoms with Gasteiger partial charge in [0.2, 0.25) is 0 Å². The van der Waals surface area contributed by atoms with E-state index in [9.17, 15) is 4.79 Å². The Balaban J connectivity index is 2.08. The highest BCUT2D eigenvalue weighted by Gasteiger charge is 2.18. The highest BCUT2D eigenvalue weighted by Crippen LogP contribution is 2.16. The summed E-state index contributed by atoms with van der Waals surface area (Å²) in [6, 6.07) is 0. The number of aldehydes is 1. The third kappa shape index (κ3) is 2.43. The molecule has 0 radical (unpaired) electrons. The summed E-state index contributed by atoms with van der Waals surface area (Å²) >= 11 is 0. The van der Waals surface area contributed by atoms with Crippen LogP contribution >= 0.6 is 0 Å². The predicted molar refractivity (Wildman–Crippen MR) is 58.1 cm³/mol. The first-order valence-electron chi connectivity index (χ1n) is 5.40. The number of ether oxygens (including phenoxy) is 1. The minimum atomic E-state index is -0.153. The number of morpholine rings is 1. The monoisotopic (exact) mass is 221 g/mol. The predicted octanol–water partition coefficient (Wildman–Crippen LogP) is 0.440. The molecule has 0 amide bonds. The molecule has 0 saturated carbocycles. The van der Waals surface area contributed by atoms with E-state index < -0.39 is 0 Å². The van der Waals surface area contributed by atoms with E-state index in [1.165, 1.54) is 0 Å². The van der Waals surface area contributed by atoms with Gasteiger partial charge in [-0.3, -0.25) is 0 Å². The zero-order valence-corrected chi connectivity index (χ0v) is 9.22. The van der Waals surface area contributed by atoms with Crippen LogP contribution in [0.1, 0.15) is 30.3 Å². The number of nitrogens with one attached hydrogen (secondary N) is 1. The second-order valence-electron chi connectivity index (χ2n) is 3.86. The fourth-order valence-electron chi connectivity index (χ4n) is 1.56. The molecule has 0 aliphatic carbocycles. The first kappa shape index (κ1) is 11.2. The van der Waals surface area contributed by atoms with E-state index in [4.69, 9.17) is 4.74 Å². The van der Waals surface area contributed by atoms with Crippen LogP contribution in [-0.2, 0) is 9.53 Å². The molecule has 2 rings (SSSR count). The van der Waals surface area contributed by atoms with Crippen LogP contribution in [0, 0.1) is 0 Å². The number of rotatable bonds is 3. The van der Waals surface area contributed by atoms with Gasteiger partial charge in [-0.2, -0.15) is 0 Å². The molecule has 2 unspecified atom stereocenters. The fraction of sp³-hybridized carbons (Fsp3) is 0.545. The zero-order valence-electron chi connectivity index (χ0n) is 9.22. The molecule has 16 heavy (non-hydrogen) atoms. The van der Waals surface area contributed by atoms with Crippen molar-refractivity contribution in [3.63, 3.8) is 0 Å². The van der Waals surface area contributed by atoms with Gasteiger partial charge in [-0.15, -0.1) is 0 Å². The SMILES string of the molecule is CC(C=O)c1cnc(C2CNCCO2)nc1. The van der Waals surface area contributed by atoms with Gasteiger partial charge in [0.05, 0.1) is 6.61 Å². The van der Waals surface area contributed by atoms with E-state index in [0.717, 1.165) is 24.9 Å². The van der Waals surface area contributed by atoms with Gasteiger partial charge < -0.3 is 14.8 Å². The molecule has 0 aromatic carbocycles. The third-order valence-electron chi connectivity index (χ3n) is 2.64. The molecular formula is C11H15N3O2. The number of carbonyl (C=O) groups is 1. The molecule has 1 aliphatic heterocycles. The zero-order chi connectivity index (χ0) is 11.4. The summed E-state index contributed by atoms with van der Waals surface area (Å²) in [5.41, 5.74) is 0.836. The number of aromatic nitrogens is 2. The van der Waals surface area contributed by atoms with Crippen LogP contribution in [0.3, 0.4) is 0 Å². The van der Waals surface area contributed by atoms with Crippen LogP contribution in [0.25, 0.3) is 0 Å². The Kier molecular flexibility index (Phi) is 3.58. The molecule has 1 saturated heterocycles.